The zero-order chi connectivity index (χ0) is 3.58. The Hall–Kier alpha value is 1.06. The molecule has 0 rings (SSSR count). The molecule has 0 aliphatic heterocycles. The monoisotopic (exact) mass is 167 g/mol. The van der Waals surface area contributed by atoms with Crippen LogP contribution >= 0.6 is 0 Å². The van der Waals surface area contributed by atoms with Crippen LogP contribution in [-0.4, -0.2) is 30.2 Å². The van der Waals surface area contributed by atoms with E-state index in [1.165, 1.54) is 0 Å². The van der Waals surface area contributed by atoms with E-state index in [1.54, 1.807) is 0 Å². The van der Waals surface area contributed by atoms with Crippen LogP contribution in [0.4, 0.5) is 0 Å². The molecule has 0 spiro atoms. The fourth-order valence-corrected chi connectivity index (χ4v) is 0. The molecule has 0 aliphatic rings. The minimum absolute atomic E-state index is 0. The van der Waals surface area contributed by atoms with Crippen molar-refractivity contribution in [3.8, 4) is 0 Å². The largest absolute Gasteiger partial charge is 3.00 e. The van der Waals surface area contributed by atoms with Gasteiger partial charge in [0.15, 0.2) is 0 Å². The molecule has 0 aromatic rings. The minimum atomic E-state index is -2.92. The number of hydrogen-bond acceptors (Lipinski definition) is 4. The predicted octanol–water partition coefficient (Wildman–Crippen LogP) is -4.51. The maximum Gasteiger partial charge on any atom is 3.00 e. The van der Waals surface area contributed by atoms with Gasteiger partial charge in [-0.15, -0.1) is 0 Å². The van der Waals surface area contributed by atoms with E-state index in [-0.39, 0.29) is 42.3 Å². The van der Waals surface area contributed by atoms with E-state index in [0.717, 1.165) is 0 Å². The zero-order valence-corrected chi connectivity index (χ0v) is 7.66. The molecule has 0 aliphatic carbocycles. The Morgan fingerprint density at radius 2 is 1.00 bits per heavy atom. The van der Waals surface area contributed by atoms with E-state index in [0.29, 0.717) is 0 Å². The fourth-order valence-electron chi connectivity index (χ4n) is 0. The Kier molecular flexibility index (Phi) is 54.8. The van der Waals surface area contributed by atoms with Gasteiger partial charge in [-0.3, -0.25) is 7.32 Å². The van der Waals surface area contributed by atoms with Crippen LogP contribution in [0, 0.1) is 0 Å². The van der Waals surface area contributed by atoms with Gasteiger partial charge in [-0.05, 0) is 0 Å². The summed E-state index contributed by atoms with van der Waals surface area (Å²) in [5, 5.41) is 25.2. The summed E-state index contributed by atoms with van der Waals surface area (Å²) in [6.45, 7) is 0. The molecule has 0 amide bonds. The Morgan fingerprint density at radius 3 is 1.00 bits per heavy atom. The van der Waals surface area contributed by atoms with Crippen LogP contribution in [0.2, 0.25) is 0 Å². The van der Waals surface area contributed by atoms with E-state index in [4.69, 9.17) is 15.1 Å². The third-order valence-electron chi connectivity index (χ3n) is 0. The third kappa shape index (κ3) is 161. The summed E-state index contributed by atoms with van der Waals surface area (Å²) in [4.78, 5) is 0. The quantitative estimate of drug-likeness (QED) is 0.340. The van der Waals surface area contributed by atoms with Crippen LogP contribution in [0.25, 0.3) is 0 Å². The standard InChI is InChI=1S/Al.BO3.H2O.Zn/c;2-1(3)4;;/h;;1H2;/q+3;-3;;+2/p-1. The molecule has 0 aromatic carbocycles. The van der Waals surface area contributed by atoms with E-state index in [2.05, 4.69) is 0 Å². The van der Waals surface area contributed by atoms with E-state index in [1.807, 2.05) is 0 Å². The van der Waals surface area contributed by atoms with Gasteiger partial charge < -0.3 is 20.5 Å². The van der Waals surface area contributed by atoms with Crippen molar-refractivity contribution >= 4 is 24.7 Å². The molecule has 0 bridgehead atoms. The second-order valence-corrected chi connectivity index (χ2v) is 0.289. The molecule has 0 saturated heterocycles. The summed E-state index contributed by atoms with van der Waals surface area (Å²) in [5.74, 6) is 0. The summed E-state index contributed by atoms with van der Waals surface area (Å²) in [6, 6.07) is 0. The Bertz CT molecular complexity index is 16.4. The van der Waals surface area contributed by atoms with Crippen molar-refractivity contribution in [3.05, 3.63) is 0 Å². The van der Waals surface area contributed by atoms with Gasteiger partial charge >= 0.3 is 36.8 Å². The molecular formula is HAlBO4Zn+. The average molecular weight is 168 g/mol. The summed E-state index contributed by atoms with van der Waals surface area (Å²) < 4.78 is 0. The van der Waals surface area contributed by atoms with Crippen molar-refractivity contribution in [1.29, 1.82) is 0 Å². The van der Waals surface area contributed by atoms with Crippen molar-refractivity contribution in [2.45, 2.75) is 0 Å². The molecule has 0 heterocycles. The third-order valence-corrected chi connectivity index (χ3v) is 0. The molecule has 0 saturated carbocycles. The van der Waals surface area contributed by atoms with Crippen LogP contribution in [0.5, 0.6) is 0 Å². The summed E-state index contributed by atoms with van der Waals surface area (Å²) in [6.07, 6.45) is 0. The van der Waals surface area contributed by atoms with Crippen molar-refractivity contribution in [2.24, 2.45) is 0 Å². The van der Waals surface area contributed by atoms with Gasteiger partial charge in [0.1, 0.15) is 0 Å². The molecule has 4 nitrogen and oxygen atoms in total. The first-order valence-electron chi connectivity index (χ1n) is 0.707. The van der Waals surface area contributed by atoms with Gasteiger partial charge in [-0.25, -0.2) is 0 Å². The average Bonchev–Trinajstić information content (AvgIpc) is 0.811. The van der Waals surface area contributed by atoms with Crippen LogP contribution in [0.15, 0.2) is 0 Å². The summed E-state index contributed by atoms with van der Waals surface area (Å²) >= 11 is 0. The molecule has 32 valence electrons. The molecule has 0 aromatic heterocycles. The molecule has 7 heavy (non-hydrogen) atoms. The first kappa shape index (κ1) is 24.4. The van der Waals surface area contributed by atoms with Gasteiger partial charge in [-0.2, -0.15) is 0 Å². The maximum atomic E-state index is 8.42. The van der Waals surface area contributed by atoms with Crippen LogP contribution in [0.1, 0.15) is 0 Å². The molecule has 1 N–H and O–H groups in total. The maximum absolute atomic E-state index is 8.42. The van der Waals surface area contributed by atoms with Gasteiger partial charge in [0, 0.05) is 0 Å². The van der Waals surface area contributed by atoms with Gasteiger partial charge in [-0.1, -0.05) is 0 Å². The Balaban J connectivity index is -0.0000000150. The van der Waals surface area contributed by atoms with Gasteiger partial charge in [0.25, 0.3) is 0 Å². The summed E-state index contributed by atoms with van der Waals surface area (Å²) in [7, 11) is -2.92. The van der Waals surface area contributed by atoms with Crippen LogP contribution in [0.3, 0.4) is 0 Å². The molecule has 0 radical (unpaired) electrons. The first-order chi connectivity index (χ1) is 1.73. The Morgan fingerprint density at radius 1 is 1.00 bits per heavy atom. The molecule has 7 heteroatoms. The van der Waals surface area contributed by atoms with Gasteiger partial charge in [0.05, 0.1) is 0 Å². The molecule has 0 atom stereocenters. The predicted molar refractivity (Wildman–Crippen MR) is 13.4 cm³/mol. The van der Waals surface area contributed by atoms with Gasteiger partial charge in [0.2, 0.25) is 0 Å². The smallest absolute Gasteiger partial charge is 0.907 e. The second-order valence-electron chi connectivity index (χ2n) is 0.289. The second kappa shape index (κ2) is 15.7. The topological polar surface area (TPSA) is 99.2 Å². The number of hydrogen-bond donors (Lipinski definition) is 0. The molecule has 0 unspecified atom stereocenters. The Labute approximate surface area is 64.9 Å². The SMILES string of the molecule is [Al+3].[O-]B([O-])[O-].[OH-].[Zn+2]. The van der Waals surface area contributed by atoms with E-state index in [9.17, 15) is 0 Å². The normalized spacial score (nSPS) is 3.86. The van der Waals surface area contributed by atoms with E-state index < -0.39 is 7.32 Å². The van der Waals surface area contributed by atoms with Crippen molar-refractivity contribution in [1.82, 2.24) is 0 Å². The minimum Gasteiger partial charge on any atom is -0.907 e. The fraction of sp³-hybridized carbons (Fsp3) is 0. The van der Waals surface area contributed by atoms with Crippen molar-refractivity contribution in [3.63, 3.8) is 0 Å². The molecule has 0 fully saturated rings. The van der Waals surface area contributed by atoms with Crippen LogP contribution in [-0.2, 0) is 19.5 Å². The van der Waals surface area contributed by atoms with E-state index >= 15 is 0 Å². The van der Waals surface area contributed by atoms with Crippen LogP contribution < -0.4 is 15.1 Å². The number of rotatable bonds is 0. The van der Waals surface area contributed by atoms with Crippen molar-refractivity contribution < 1.29 is 40.0 Å². The zero-order valence-electron chi connectivity index (χ0n) is 3.53. The molecular weight excluding hydrogens is 167 g/mol. The summed E-state index contributed by atoms with van der Waals surface area (Å²) in [5.41, 5.74) is 0. The van der Waals surface area contributed by atoms with Crippen molar-refractivity contribution in [2.75, 3.05) is 0 Å². The first-order valence-corrected chi connectivity index (χ1v) is 0.707.